The van der Waals surface area contributed by atoms with Gasteiger partial charge >= 0.3 is 0 Å². The topological polar surface area (TPSA) is 38.7 Å². The van der Waals surface area contributed by atoms with Crippen molar-refractivity contribution in [3.63, 3.8) is 0 Å². The first-order valence-electron chi connectivity index (χ1n) is 7.65. The molecule has 19 heavy (non-hydrogen) atoms. The van der Waals surface area contributed by atoms with Crippen LogP contribution in [0.3, 0.4) is 0 Å². The quantitative estimate of drug-likeness (QED) is 0.760. The molecule has 0 saturated carbocycles. The molecule has 1 fully saturated rings. The maximum Gasteiger partial charge on any atom is 0.0611 e. The van der Waals surface area contributed by atoms with Crippen LogP contribution in [0.15, 0.2) is 0 Å². The Labute approximate surface area is 119 Å². The summed E-state index contributed by atoms with van der Waals surface area (Å²) in [5.41, 5.74) is -0.163. The summed E-state index contributed by atoms with van der Waals surface area (Å²) in [6, 6.07) is 1.70. The van der Waals surface area contributed by atoms with Gasteiger partial charge in [-0.2, -0.15) is 0 Å². The summed E-state index contributed by atoms with van der Waals surface area (Å²) in [5.74, 6) is 0. The summed E-state index contributed by atoms with van der Waals surface area (Å²) < 4.78 is 0. The fourth-order valence-electron chi connectivity index (χ4n) is 3.21. The van der Waals surface area contributed by atoms with Crippen molar-refractivity contribution in [3.05, 3.63) is 0 Å². The molecule has 0 aliphatic carbocycles. The third kappa shape index (κ3) is 4.42. The predicted octanol–water partition coefficient (Wildman–Crippen LogP) is 1.15. The Morgan fingerprint density at radius 2 is 1.84 bits per heavy atom. The second-order valence-electron chi connectivity index (χ2n) is 6.62. The van der Waals surface area contributed by atoms with Gasteiger partial charge in [0.2, 0.25) is 0 Å². The molecule has 4 nitrogen and oxygen atoms in total. The number of nitrogens with one attached hydrogen (secondary N) is 1. The summed E-state index contributed by atoms with van der Waals surface area (Å²) in [4.78, 5) is 5.03. The number of aliphatic hydroxyl groups excluding tert-OH is 1. The van der Waals surface area contributed by atoms with Gasteiger partial charge in [-0.1, -0.05) is 6.92 Å². The standard InChI is InChI=1S/C15H33N3O/c1-7-16-15(5,11-19)8-12(2)18-9-13(3)17(6)14(4)10-18/h12-14,16,19H,7-11H2,1-6H3. The first kappa shape index (κ1) is 16.9. The van der Waals surface area contributed by atoms with Gasteiger partial charge in [-0.15, -0.1) is 0 Å². The van der Waals surface area contributed by atoms with E-state index in [4.69, 9.17) is 0 Å². The normalized spacial score (nSPS) is 31.1. The third-order valence-electron chi connectivity index (χ3n) is 4.71. The molecule has 0 spiro atoms. The highest BCUT2D eigenvalue weighted by Gasteiger charge is 2.32. The lowest BCUT2D eigenvalue weighted by molar-refractivity contribution is 0.0237. The van der Waals surface area contributed by atoms with Crippen molar-refractivity contribution in [3.8, 4) is 0 Å². The largest absolute Gasteiger partial charge is 0.394 e. The van der Waals surface area contributed by atoms with Crippen LogP contribution in [0.25, 0.3) is 0 Å². The highest BCUT2D eigenvalue weighted by Crippen LogP contribution is 2.21. The molecule has 1 aliphatic rings. The zero-order valence-electron chi connectivity index (χ0n) is 13.6. The molecule has 1 heterocycles. The van der Waals surface area contributed by atoms with Gasteiger partial charge in [-0.05, 0) is 47.7 Å². The summed E-state index contributed by atoms with van der Waals surface area (Å²) in [7, 11) is 2.22. The van der Waals surface area contributed by atoms with Gasteiger partial charge in [0.05, 0.1) is 6.61 Å². The number of piperazine rings is 1. The van der Waals surface area contributed by atoms with Gasteiger partial charge in [0.15, 0.2) is 0 Å². The van der Waals surface area contributed by atoms with E-state index in [0.717, 1.165) is 26.1 Å². The van der Waals surface area contributed by atoms with E-state index in [0.29, 0.717) is 18.1 Å². The van der Waals surface area contributed by atoms with E-state index in [1.807, 2.05) is 0 Å². The van der Waals surface area contributed by atoms with Gasteiger partial charge in [-0.25, -0.2) is 0 Å². The Morgan fingerprint density at radius 1 is 1.32 bits per heavy atom. The monoisotopic (exact) mass is 271 g/mol. The van der Waals surface area contributed by atoms with Gasteiger partial charge in [0, 0.05) is 36.8 Å². The predicted molar refractivity (Wildman–Crippen MR) is 81.5 cm³/mol. The lowest BCUT2D eigenvalue weighted by atomic mass is 9.92. The molecule has 1 aliphatic heterocycles. The zero-order valence-corrected chi connectivity index (χ0v) is 13.6. The van der Waals surface area contributed by atoms with Crippen molar-refractivity contribution in [1.29, 1.82) is 0 Å². The molecule has 0 aromatic rings. The second kappa shape index (κ2) is 7.02. The lowest BCUT2D eigenvalue weighted by Gasteiger charge is -2.46. The lowest BCUT2D eigenvalue weighted by Crippen LogP contribution is -2.59. The fraction of sp³-hybridized carbons (Fsp3) is 1.00. The van der Waals surface area contributed by atoms with Crippen LogP contribution < -0.4 is 5.32 Å². The number of likely N-dealkylation sites (N-methyl/N-ethyl adjacent to an activating group) is 2. The number of hydrogen-bond donors (Lipinski definition) is 2. The molecule has 0 aromatic carbocycles. The van der Waals surface area contributed by atoms with Gasteiger partial charge in [0.25, 0.3) is 0 Å². The minimum atomic E-state index is -0.163. The van der Waals surface area contributed by atoms with Crippen LogP contribution in [-0.2, 0) is 0 Å². The van der Waals surface area contributed by atoms with Crippen molar-refractivity contribution in [2.24, 2.45) is 0 Å². The summed E-state index contributed by atoms with van der Waals surface area (Å²) >= 11 is 0. The van der Waals surface area contributed by atoms with Crippen molar-refractivity contribution < 1.29 is 5.11 Å². The Kier molecular flexibility index (Phi) is 6.24. The zero-order chi connectivity index (χ0) is 14.6. The maximum absolute atomic E-state index is 9.62. The van der Waals surface area contributed by atoms with E-state index in [1.54, 1.807) is 0 Å². The van der Waals surface area contributed by atoms with E-state index >= 15 is 0 Å². The molecule has 1 rings (SSSR count). The molecule has 0 amide bonds. The van der Waals surface area contributed by atoms with E-state index in [1.165, 1.54) is 0 Å². The first-order valence-corrected chi connectivity index (χ1v) is 7.65. The maximum atomic E-state index is 9.62. The summed E-state index contributed by atoms with van der Waals surface area (Å²) in [6.07, 6.45) is 0.987. The molecule has 2 N–H and O–H groups in total. The van der Waals surface area contributed by atoms with Crippen LogP contribution in [0.4, 0.5) is 0 Å². The fourth-order valence-corrected chi connectivity index (χ4v) is 3.21. The average molecular weight is 271 g/mol. The molecule has 0 radical (unpaired) electrons. The molecule has 0 aromatic heterocycles. The van der Waals surface area contributed by atoms with Crippen LogP contribution in [0.1, 0.15) is 41.0 Å². The second-order valence-corrected chi connectivity index (χ2v) is 6.62. The Morgan fingerprint density at radius 3 is 2.26 bits per heavy atom. The molecule has 4 unspecified atom stereocenters. The SMILES string of the molecule is CCNC(C)(CO)CC(C)N1CC(C)N(C)C(C)C1. The molecular formula is C15H33N3O. The number of hydrogen-bond acceptors (Lipinski definition) is 4. The van der Waals surface area contributed by atoms with Gasteiger partial charge in [-0.3, -0.25) is 9.80 Å². The number of nitrogens with zero attached hydrogens (tertiary/aromatic N) is 2. The van der Waals surface area contributed by atoms with Crippen molar-refractivity contribution in [1.82, 2.24) is 15.1 Å². The molecule has 0 bridgehead atoms. The van der Waals surface area contributed by atoms with Gasteiger partial charge in [0.1, 0.15) is 0 Å². The van der Waals surface area contributed by atoms with E-state index in [2.05, 4.69) is 56.8 Å². The average Bonchev–Trinajstić information content (AvgIpc) is 2.35. The van der Waals surface area contributed by atoms with E-state index in [-0.39, 0.29) is 12.1 Å². The van der Waals surface area contributed by atoms with Crippen LogP contribution in [0, 0.1) is 0 Å². The third-order valence-corrected chi connectivity index (χ3v) is 4.71. The van der Waals surface area contributed by atoms with Gasteiger partial charge < -0.3 is 10.4 Å². The highest BCUT2D eigenvalue weighted by atomic mass is 16.3. The minimum absolute atomic E-state index is 0.163. The van der Waals surface area contributed by atoms with E-state index < -0.39 is 0 Å². The molecule has 1 saturated heterocycles. The number of rotatable bonds is 6. The molecule has 4 atom stereocenters. The van der Waals surface area contributed by atoms with Crippen LogP contribution in [-0.4, -0.2) is 71.9 Å². The smallest absolute Gasteiger partial charge is 0.0611 e. The Bertz CT molecular complexity index is 262. The number of aliphatic hydroxyl groups is 1. The molecule has 114 valence electrons. The van der Waals surface area contributed by atoms with Crippen molar-refractivity contribution >= 4 is 0 Å². The van der Waals surface area contributed by atoms with Crippen LogP contribution in [0.5, 0.6) is 0 Å². The Balaban J connectivity index is 2.60. The van der Waals surface area contributed by atoms with Crippen LogP contribution in [0.2, 0.25) is 0 Å². The van der Waals surface area contributed by atoms with Crippen molar-refractivity contribution in [2.45, 2.75) is 64.7 Å². The molecule has 4 heteroatoms. The summed E-state index contributed by atoms with van der Waals surface area (Å²) in [5, 5.41) is 13.0. The van der Waals surface area contributed by atoms with Crippen LogP contribution >= 0.6 is 0 Å². The highest BCUT2D eigenvalue weighted by molar-refractivity contribution is 4.91. The van der Waals surface area contributed by atoms with Crippen molar-refractivity contribution in [2.75, 3.05) is 33.3 Å². The first-order chi connectivity index (χ1) is 8.83. The van der Waals surface area contributed by atoms with E-state index in [9.17, 15) is 5.11 Å². The molecular weight excluding hydrogens is 238 g/mol. The minimum Gasteiger partial charge on any atom is -0.394 e. The Hall–Kier alpha value is -0.160. The summed E-state index contributed by atoms with van der Waals surface area (Å²) in [6.45, 7) is 14.4.